The van der Waals surface area contributed by atoms with Gasteiger partial charge in [0.2, 0.25) is 0 Å². The maximum Gasteiger partial charge on any atom is 0.255 e. The first-order chi connectivity index (χ1) is 7.67. The molecule has 5 heteroatoms. The number of likely N-dealkylation sites (tertiary alicyclic amines) is 1. The van der Waals surface area contributed by atoms with Crippen molar-refractivity contribution in [3.05, 3.63) is 30.1 Å². The van der Waals surface area contributed by atoms with Crippen molar-refractivity contribution in [1.82, 2.24) is 9.88 Å². The highest BCUT2D eigenvalue weighted by Crippen LogP contribution is 2.29. The Morgan fingerprint density at radius 2 is 2.41 bits per heavy atom. The van der Waals surface area contributed by atoms with Gasteiger partial charge in [0, 0.05) is 25.5 Å². The van der Waals surface area contributed by atoms with Gasteiger partial charge in [-0.2, -0.15) is 0 Å². The smallest absolute Gasteiger partial charge is 0.255 e. The molecule has 0 radical (unpaired) electrons. The van der Waals surface area contributed by atoms with E-state index in [9.17, 15) is 4.79 Å². The molecular formula is C12H18ClN3O. The Morgan fingerprint density at radius 1 is 1.65 bits per heavy atom. The normalized spacial score (nSPS) is 23.3. The van der Waals surface area contributed by atoms with Crippen molar-refractivity contribution in [1.29, 1.82) is 0 Å². The molecule has 1 saturated heterocycles. The number of nitrogens with zero attached hydrogens (tertiary/aromatic N) is 2. The largest absolute Gasteiger partial charge is 0.332 e. The second-order valence-electron chi connectivity index (χ2n) is 4.50. The summed E-state index contributed by atoms with van der Waals surface area (Å²) in [5, 5.41) is 0. The van der Waals surface area contributed by atoms with Crippen molar-refractivity contribution in [3.8, 4) is 0 Å². The van der Waals surface area contributed by atoms with E-state index in [1.54, 1.807) is 24.5 Å². The number of hydrogen-bond acceptors (Lipinski definition) is 3. The van der Waals surface area contributed by atoms with Crippen LogP contribution in [-0.4, -0.2) is 34.4 Å². The molecule has 1 amide bonds. The third kappa shape index (κ3) is 2.58. The number of pyridine rings is 1. The van der Waals surface area contributed by atoms with Crippen molar-refractivity contribution >= 4 is 18.3 Å². The van der Waals surface area contributed by atoms with E-state index >= 15 is 0 Å². The Labute approximate surface area is 108 Å². The van der Waals surface area contributed by atoms with Crippen LogP contribution in [0.3, 0.4) is 0 Å². The lowest BCUT2D eigenvalue weighted by Gasteiger charge is -2.34. The van der Waals surface area contributed by atoms with Gasteiger partial charge in [-0.3, -0.25) is 9.78 Å². The molecule has 1 fully saturated rings. The predicted molar refractivity (Wildman–Crippen MR) is 69.2 cm³/mol. The Balaban J connectivity index is 0.00000144. The van der Waals surface area contributed by atoms with Crippen molar-refractivity contribution < 1.29 is 4.79 Å². The monoisotopic (exact) mass is 255 g/mol. The average molecular weight is 256 g/mol. The molecule has 17 heavy (non-hydrogen) atoms. The van der Waals surface area contributed by atoms with Crippen molar-refractivity contribution in [2.24, 2.45) is 5.73 Å². The minimum atomic E-state index is -0.188. The second kappa shape index (κ2) is 5.47. The summed E-state index contributed by atoms with van der Waals surface area (Å²) in [6.45, 7) is 3.36. The van der Waals surface area contributed by atoms with Gasteiger partial charge in [-0.05, 0) is 31.9 Å². The van der Waals surface area contributed by atoms with Crippen molar-refractivity contribution in [3.63, 3.8) is 0 Å². The van der Waals surface area contributed by atoms with E-state index in [0.717, 1.165) is 19.4 Å². The molecule has 4 nitrogen and oxygen atoms in total. The highest BCUT2D eigenvalue weighted by atomic mass is 35.5. The Morgan fingerprint density at radius 3 is 3.00 bits per heavy atom. The third-order valence-electron chi connectivity index (χ3n) is 3.34. The molecule has 2 rings (SSSR count). The summed E-state index contributed by atoms with van der Waals surface area (Å²) in [6.07, 6.45) is 5.29. The molecule has 1 aliphatic heterocycles. The first-order valence-corrected chi connectivity index (χ1v) is 5.59. The first-order valence-electron chi connectivity index (χ1n) is 5.59. The molecule has 1 aromatic rings. The zero-order valence-corrected chi connectivity index (χ0v) is 10.7. The maximum absolute atomic E-state index is 12.3. The Bertz CT molecular complexity index is 385. The predicted octanol–water partition coefficient (Wildman–Crippen LogP) is 1.46. The van der Waals surface area contributed by atoms with Crippen LogP contribution < -0.4 is 5.73 Å². The molecule has 0 saturated carbocycles. The van der Waals surface area contributed by atoms with E-state index in [2.05, 4.69) is 4.98 Å². The minimum absolute atomic E-state index is 0. The molecule has 0 aromatic carbocycles. The van der Waals surface area contributed by atoms with Crippen LogP contribution >= 0.6 is 12.4 Å². The number of carbonyl (C=O) groups excluding carboxylic acids is 1. The van der Waals surface area contributed by atoms with Crippen LogP contribution in [0.1, 0.15) is 30.1 Å². The van der Waals surface area contributed by atoms with E-state index in [1.165, 1.54) is 0 Å². The molecule has 2 N–H and O–H groups in total. The van der Waals surface area contributed by atoms with Crippen LogP contribution in [0.2, 0.25) is 0 Å². The summed E-state index contributed by atoms with van der Waals surface area (Å²) in [4.78, 5) is 18.1. The molecule has 1 aromatic heterocycles. The zero-order valence-electron chi connectivity index (χ0n) is 9.93. The summed E-state index contributed by atoms with van der Waals surface area (Å²) in [6, 6.07) is 3.58. The van der Waals surface area contributed by atoms with Crippen LogP contribution in [0.25, 0.3) is 0 Å². The minimum Gasteiger partial charge on any atom is -0.332 e. The topological polar surface area (TPSA) is 59.2 Å². The van der Waals surface area contributed by atoms with Gasteiger partial charge in [0.25, 0.3) is 5.91 Å². The van der Waals surface area contributed by atoms with Gasteiger partial charge in [-0.15, -0.1) is 12.4 Å². The van der Waals surface area contributed by atoms with Crippen LogP contribution in [0, 0.1) is 0 Å². The van der Waals surface area contributed by atoms with Crippen LogP contribution in [0.5, 0.6) is 0 Å². The number of hydrogen-bond donors (Lipinski definition) is 1. The van der Waals surface area contributed by atoms with Crippen LogP contribution in [0.15, 0.2) is 24.5 Å². The molecule has 1 atom stereocenters. The Kier molecular flexibility index (Phi) is 4.48. The standard InChI is InChI=1S/C12H17N3O.ClH/c1-12(9-13)5-3-7-15(12)11(16)10-4-2-6-14-8-10;/h2,4,6,8H,3,5,7,9,13H2,1H3;1H. The van der Waals surface area contributed by atoms with Crippen LogP contribution in [0.4, 0.5) is 0 Å². The number of aromatic nitrogens is 1. The summed E-state index contributed by atoms with van der Waals surface area (Å²) >= 11 is 0. The van der Waals surface area contributed by atoms with E-state index in [0.29, 0.717) is 12.1 Å². The molecule has 0 aliphatic carbocycles. The highest BCUT2D eigenvalue weighted by Gasteiger charge is 2.38. The van der Waals surface area contributed by atoms with Gasteiger partial charge >= 0.3 is 0 Å². The van der Waals surface area contributed by atoms with Gasteiger partial charge in [0.1, 0.15) is 0 Å². The molecule has 2 heterocycles. The lowest BCUT2D eigenvalue weighted by atomic mass is 9.99. The van der Waals surface area contributed by atoms with Gasteiger partial charge < -0.3 is 10.6 Å². The summed E-state index contributed by atoms with van der Waals surface area (Å²) in [5.74, 6) is 0.0403. The molecule has 94 valence electrons. The van der Waals surface area contributed by atoms with Crippen molar-refractivity contribution in [2.75, 3.05) is 13.1 Å². The fraction of sp³-hybridized carbons (Fsp3) is 0.500. The van der Waals surface area contributed by atoms with Crippen molar-refractivity contribution in [2.45, 2.75) is 25.3 Å². The number of carbonyl (C=O) groups is 1. The van der Waals surface area contributed by atoms with E-state index in [4.69, 9.17) is 5.73 Å². The lowest BCUT2D eigenvalue weighted by Crippen LogP contribution is -2.50. The van der Waals surface area contributed by atoms with E-state index in [1.807, 2.05) is 11.8 Å². The molecule has 0 spiro atoms. The number of nitrogens with two attached hydrogens (primary N) is 1. The number of rotatable bonds is 2. The quantitative estimate of drug-likeness (QED) is 0.870. The number of amides is 1. The fourth-order valence-corrected chi connectivity index (χ4v) is 2.23. The lowest BCUT2D eigenvalue weighted by molar-refractivity contribution is 0.0636. The molecule has 1 unspecified atom stereocenters. The third-order valence-corrected chi connectivity index (χ3v) is 3.34. The SMILES string of the molecule is CC1(CN)CCCN1C(=O)c1cccnc1.Cl. The van der Waals surface area contributed by atoms with Crippen LogP contribution in [-0.2, 0) is 0 Å². The first kappa shape index (κ1) is 13.9. The van der Waals surface area contributed by atoms with Gasteiger partial charge in [-0.25, -0.2) is 0 Å². The highest BCUT2D eigenvalue weighted by molar-refractivity contribution is 5.94. The number of halogens is 1. The molecular weight excluding hydrogens is 238 g/mol. The average Bonchev–Trinajstić information content (AvgIpc) is 2.72. The summed E-state index contributed by atoms with van der Waals surface area (Å²) in [7, 11) is 0. The van der Waals surface area contributed by atoms with Gasteiger partial charge in [0.15, 0.2) is 0 Å². The summed E-state index contributed by atoms with van der Waals surface area (Å²) in [5.41, 5.74) is 6.22. The van der Waals surface area contributed by atoms with E-state index < -0.39 is 0 Å². The molecule has 0 bridgehead atoms. The zero-order chi connectivity index (χ0) is 11.6. The second-order valence-corrected chi connectivity index (χ2v) is 4.50. The Hall–Kier alpha value is -1.13. The van der Waals surface area contributed by atoms with Gasteiger partial charge in [-0.1, -0.05) is 0 Å². The summed E-state index contributed by atoms with van der Waals surface area (Å²) < 4.78 is 0. The fourth-order valence-electron chi connectivity index (χ4n) is 2.23. The molecule has 1 aliphatic rings. The van der Waals surface area contributed by atoms with E-state index in [-0.39, 0.29) is 23.9 Å². The van der Waals surface area contributed by atoms with Gasteiger partial charge in [0.05, 0.1) is 11.1 Å². The maximum atomic E-state index is 12.3.